The maximum atomic E-state index is 12.5. The standard InChI is InChI=1S/C13H16N4O3S/c1-3-5-16(6-4-2)13(18)9-7-10-12(15-21-14-10)11(8-9)17(19)20/h7-8H,3-6H2,1-2H3. The molecule has 0 atom stereocenters. The zero-order valence-electron chi connectivity index (χ0n) is 11.9. The summed E-state index contributed by atoms with van der Waals surface area (Å²) >= 11 is 0.904. The van der Waals surface area contributed by atoms with E-state index in [1.165, 1.54) is 6.07 Å². The smallest absolute Gasteiger partial charge is 0.299 e. The number of benzene rings is 1. The van der Waals surface area contributed by atoms with E-state index in [2.05, 4.69) is 8.75 Å². The average molecular weight is 308 g/mol. The Kier molecular flexibility index (Phi) is 4.79. The van der Waals surface area contributed by atoms with Gasteiger partial charge < -0.3 is 4.90 Å². The number of nitro benzene ring substituents is 1. The lowest BCUT2D eigenvalue weighted by Gasteiger charge is -2.21. The predicted molar refractivity (Wildman–Crippen MR) is 80.6 cm³/mol. The maximum Gasteiger partial charge on any atom is 0.299 e. The molecule has 0 saturated carbocycles. The minimum atomic E-state index is -0.523. The molecule has 7 nitrogen and oxygen atoms in total. The van der Waals surface area contributed by atoms with Crippen molar-refractivity contribution in [1.29, 1.82) is 0 Å². The number of hydrogen-bond acceptors (Lipinski definition) is 6. The van der Waals surface area contributed by atoms with E-state index in [9.17, 15) is 14.9 Å². The molecular formula is C13H16N4O3S. The topological polar surface area (TPSA) is 89.2 Å². The molecule has 112 valence electrons. The molecule has 21 heavy (non-hydrogen) atoms. The number of amides is 1. The van der Waals surface area contributed by atoms with Crippen LogP contribution >= 0.6 is 11.7 Å². The quantitative estimate of drug-likeness (QED) is 0.604. The number of aromatic nitrogens is 2. The first-order chi connectivity index (χ1) is 10.1. The molecule has 0 aliphatic heterocycles. The summed E-state index contributed by atoms with van der Waals surface area (Å²) in [6.45, 7) is 5.25. The number of rotatable bonds is 6. The van der Waals surface area contributed by atoms with E-state index in [0.717, 1.165) is 24.6 Å². The molecule has 0 N–H and O–H groups in total. The van der Waals surface area contributed by atoms with E-state index in [1.807, 2.05) is 13.8 Å². The van der Waals surface area contributed by atoms with E-state index < -0.39 is 4.92 Å². The van der Waals surface area contributed by atoms with Crippen molar-refractivity contribution < 1.29 is 9.72 Å². The summed E-state index contributed by atoms with van der Waals surface area (Å²) in [6, 6.07) is 2.87. The second-order valence-electron chi connectivity index (χ2n) is 4.68. The van der Waals surface area contributed by atoms with Crippen LogP contribution in [0.2, 0.25) is 0 Å². The van der Waals surface area contributed by atoms with Crippen LogP contribution in [0.5, 0.6) is 0 Å². The van der Waals surface area contributed by atoms with Crippen molar-refractivity contribution in [3.05, 3.63) is 27.8 Å². The molecule has 1 amide bonds. The Hall–Kier alpha value is -2.09. The summed E-state index contributed by atoms with van der Waals surface area (Å²) in [4.78, 5) is 24.8. The summed E-state index contributed by atoms with van der Waals surface area (Å²) in [5, 5.41) is 11.1. The zero-order chi connectivity index (χ0) is 15.4. The molecule has 0 saturated heterocycles. The summed E-state index contributed by atoms with van der Waals surface area (Å²) in [5.41, 5.74) is 0.755. The molecule has 0 fully saturated rings. The third-order valence-electron chi connectivity index (χ3n) is 3.06. The van der Waals surface area contributed by atoms with Gasteiger partial charge in [-0.2, -0.15) is 8.75 Å². The van der Waals surface area contributed by atoms with Crippen LogP contribution in [0.15, 0.2) is 12.1 Å². The Balaban J connectivity index is 2.45. The number of nitro groups is 1. The summed E-state index contributed by atoms with van der Waals surface area (Å²) < 4.78 is 7.93. The van der Waals surface area contributed by atoms with Crippen LogP contribution in [-0.4, -0.2) is 37.6 Å². The third-order valence-corrected chi connectivity index (χ3v) is 3.60. The van der Waals surface area contributed by atoms with Gasteiger partial charge in [0, 0.05) is 24.7 Å². The van der Waals surface area contributed by atoms with Crippen molar-refractivity contribution in [1.82, 2.24) is 13.6 Å². The maximum absolute atomic E-state index is 12.5. The molecule has 0 unspecified atom stereocenters. The molecule has 1 heterocycles. The number of carbonyl (C=O) groups is 1. The van der Waals surface area contributed by atoms with E-state index in [1.54, 1.807) is 11.0 Å². The molecule has 0 radical (unpaired) electrons. The number of carbonyl (C=O) groups excluding carboxylic acids is 1. The minimum absolute atomic E-state index is 0.169. The van der Waals surface area contributed by atoms with Gasteiger partial charge in [0.2, 0.25) is 0 Å². The van der Waals surface area contributed by atoms with Crippen LogP contribution in [0.1, 0.15) is 37.0 Å². The summed E-state index contributed by atoms with van der Waals surface area (Å²) in [6.07, 6.45) is 1.68. The highest BCUT2D eigenvalue weighted by atomic mass is 32.1. The first-order valence-corrected chi connectivity index (χ1v) is 7.51. The van der Waals surface area contributed by atoms with Gasteiger partial charge in [0.1, 0.15) is 5.52 Å². The fraction of sp³-hybridized carbons (Fsp3) is 0.462. The van der Waals surface area contributed by atoms with Crippen LogP contribution in [-0.2, 0) is 0 Å². The number of fused-ring (bicyclic) bond motifs is 1. The molecule has 0 aliphatic carbocycles. The minimum Gasteiger partial charge on any atom is -0.339 e. The second-order valence-corrected chi connectivity index (χ2v) is 5.21. The lowest BCUT2D eigenvalue weighted by Crippen LogP contribution is -2.32. The van der Waals surface area contributed by atoms with E-state index in [4.69, 9.17) is 0 Å². The van der Waals surface area contributed by atoms with Gasteiger partial charge in [-0.3, -0.25) is 14.9 Å². The Morgan fingerprint density at radius 1 is 1.29 bits per heavy atom. The van der Waals surface area contributed by atoms with Gasteiger partial charge in [0.25, 0.3) is 11.6 Å². The largest absolute Gasteiger partial charge is 0.339 e. The van der Waals surface area contributed by atoms with Gasteiger partial charge in [0.05, 0.1) is 16.7 Å². The Morgan fingerprint density at radius 3 is 2.52 bits per heavy atom. The van der Waals surface area contributed by atoms with Crippen molar-refractivity contribution in [3.8, 4) is 0 Å². The number of nitrogens with zero attached hydrogens (tertiary/aromatic N) is 4. The lowest BCUT2D eigenvalue weighted by atomic mass is 10.1. The molecule has 1 aromatic heterocycles. The molecule has 2 rings (SSSR count). The zero-order valence-corrected chi connectivity index (χ0v) is 12.7. The van der Waals surface area contributed by atoms with Gasteiger partial charge in [-0.25, -0.2) is 0 Å². The fourth-order valence-corrected chi connectivity index (χ4v) is 2.71. The molecule has 0 aliphatic rings. The van der Waals surface area contributed by atoms with E-state index in [0.29, 0.717) is 24.2 Å². The van der Waals surface area contributed by atoms with E-state index >= 15 is 0 Å². The molecule has 1 aromatic carbocycles. The highest BCUT2D eigenvalue weighted by molar-refractivity contribution is 7.00. The monoisotopic (exact) mass is 308 g/mol. The molecule has 0 bridgehead atoms. The van der Waals surface area contributed by atoms with Crippen LogP contribution < -0.4 is 0 Å². The van der Waals surface area contributed by atoms with Gasteiger partial charge >= 0.3 is 0 Å². The van der Waals surface area contributed by atoms with Crippen molar-refractivity contribution in [2.75, 3.05) is 13.1 Å². The summed E-state index contributed by atoms with van der Waals surface area (Å²) in [7, 11) is 0. The molecule has 2 aromatic rings. The van der Waals surface area contributed by atoms with Crippen LogP contribution in [0.25, 0.3) is 11.0 Å². The van der Waals surface area contributed by atoms with Crippen molar-refractivity contribution in [3.63, 3.8) is 0 Å². The highest BCUT2D eigenvalue weighted by Crippen LogP contribution is 2.26. The first kappa shape index (κ1) is 15.3. The van der Waals surface area contributed by atoms with Crippen LogP contribution in [0.3, 0.4) is 0 Å². The molecule has 8 heteroatoms. The summed E-state index contributed by atoms with van der Waals surface area (Å²) in [5.74, 6) is -0.197. The Morgan fingerprint density at radius 2 is 1.95 bits per heavy atom. The van der Waals surface area contributed by atoms with Gasteiger partial charge in [-0.05, 0) is 18.9 Å². The average Bonchev–Trinajstić information content (AvgIpc) is 2.93. The SMILES string of the molecule is CCCN(CCC)C(=O)c1cc([N+](=O)[O-])c2nsnc2c1. The van der Waals surface area contributed by atoms with Crippen LogP contribution in [0.4, 0.5) is 5.69 Å². The highest BCUT2D eigenvalue weighted by Gasteiger charge is 2.22. The van der Waals surface area contributed by atoms with Crippen molar-refractivity contribution in [2.24, 2.45) is 0 Å². The molecular weight excluding hydrogens is 292 g/mol. The molecule has 0 spiro atoms. The van der Waals surface area contributed by atoms with E-state index in [-0.39, 0.29) is 17.1 Å². The van der Waals surface area contributed by atoms with Crippen molar-refractivity contribution in [2.45, 2.75) is 26.7 Å². The number of hydrogen-bond donors (Lipinski definition) is 0. The first-order valence-electron chi connectivity index (χ1n) is 6.78. The van der Waals surface area contributed by atoms with Gasteiger partial charge in [-0.15, -0.1) is 0 Å². The van der Waals surface area contributed by atoms with Gasteiger partial charge in [0.15, 0.2) is 5.52 Å². The lowest BCUT2D eigenvalue weighted by molar-refractivity contribution is -0.383. The normalized spacial score (nSPS) is 10.8. The van der Waals surface area contributed by atoms with Crippen molar-refractivity contribution >= 4 is 34.4 Å². The third kappa shape index (κ3) is 3.15. The van der Waals surface area contributed by atoms with Crippen LogP contribution in [0, 0.1) is 10.1 Å². The second kappa shape index (κ2) is 6.57. The predicted octanol–water partition coefficient (Wildman–Crippen LogP) is 2.86. The Bertz CT molecular complexity index is 664. The number of non-ortho nitro benzene ring substituents is 1. The van der Waals surface area contributed by atoms with Gasteiger partial charge in [-0.1, -0.05) is 13.8 Å². The fourth-order valence-electron chi connectivity index (χ4n) is 2.17. The Labute approximate surface area is 126 Å².